The van der Waals surface area contributed by atoms with E-state index in [-0.39, 0.29) is 5.91 Å². The lowest BCUT2D eigenvalue weighted by Crippen LogP contribution is -2.42. The first-order valence-electron chi connectivity index (χ1n) is 9.94. The number of nitrogens with one attached hydrogen (secondary N) is 1. The molecule has 6 nitrogen and oxygen atoms in total. The Labute approximate surface area is 176 Å². The van der Waals surface area contributed by atoms with E-state index in [0.717, 1.165) is 37.3 Å². The minimum Gasteiger partial charge on any atom is -0.371 e. The Morgan fingerprint density at radius 3 is 2.59 bits per heavy atom. The zero-order valence-electron chi connectivity index (χ0n) is 16.8. The molecule has 152 valence electrons. The molecule has 0 aliphatic carbocycles. The van der Waals surface area contributed by atoms with E-state index < -0.39 is 0 Å². The van der Waals surface area contributed by atoms with Gasteiger partial charge in [0.25, 0.3) is 5.91 Å². The molecule has 1 aliphatic heterocycles. The van der Waals surface area contributed by atoms with Crippen molar-refractivity contribution in [1.82, 2.24) is 19.6 Å². The van der Waals surface area contributed by atoms with E-state index in [9.17, 15) is 4.79 Å². The largest absolute Gasteiger partial charge is 0.371 e. The third kappa shape index (κ3) is 4.23. The normalized spacial score (nSPS) is 15.1. The van der Waals surface area contributed by atoms with Gasteiger partial charge in [-0.05, 0) is 37.1 Å². The van der Waals surface area contributed by atoms with E-state index in [0.29, 0.717) is 23.3 Å². The lowest BCUT2D eigenvalue weighted by atomic mass is 10.0. The minimum atomic E-state index is -0.0967. The summed E-state index contributed by atoms with van der Waals surface area (Å²) in [4.78, 5) is 21.2. The highest BCUT2D eigenvalue weighted by Gasteiger charge is 2.23. The summed E-state index contributed by atoms with van der Waals surface area (Å²) in [5.74, 6) is -0.0967. The lowest BCUT2D eigenvalue weighted by Gasteiger charge is -2.34. The highest BCUT2D eigenvalue weighted by Crippen LogP contribution is 2.21. The van der Waals surface area contributed by atoms with Crippen LogP contribution in [-0.2, 0) is 6.54 Å². The van der Waals surface area contributed by atoms with Crippen LogP contribution in [0.2, 0.25) is 5.02 Å². The number of fused-ring (bicyclic) bond motifs is 1. The van der Waals surface area contributed by atoms with Gasteiger partial charge in [0, 0.05) is 51.7 Å². The number of halogens is 1. The SMILES string of the molecule is CN(C)C(=O)c1nc2ccc(Cl)cn2c1CNC1CCN(c2ccccc2)CC1. The molecule has 0 radical (unpaired) electrons. The third-order valence-corrected chi connectivity index (χ3v) is 5.69. The number of amides is 1. The molecular formula is C22H26ClN5O. The number of benzene rings is 1. The molecule has 0 unspecified atom stereocenters. The molecule has 0 atom stereocenters. The molecule has 0 bridgehead atoms. The molecule has 3 aromatic rings. The van der Waals surface area contributed by atoms with Gasteiger partial charge >= 0.3 is 0 Å². The van der Waals surface area contributed by atoms with Gasteiger partial charge in [-0.3, -0.25) is 4.79 Å². The Morgan fingerprint density at radius 2 is 1.90 bits per heavy atom. The topological polar surface area (TPSA) is 52.9 Å². The van der Waals surface area contributed by atoms with Crippen molar-refractivity contribution < 1.29 is 4.79 Å². The van der Waals surface area contributed by atoms with Crippen LogP contribution in [0.1, 0.15) is 29.0 Å². The Bertz CT molecular complexity index is 993. The summed E-state index contributed by atoms with van der Waals surface area (Å²) >= 11 is 6.20. The summed E-state index contributed by atoms with van der Waals surface area (Å²) in [5.41, 5.74) is 3.34. The molecule has 0 saturated carbocycles. The third-order valence-electron chi connectivity index (χ3n) is 5.46. The highest BCUT2D eigenvalue weighted by molar-refractivity contribution is 6.30. The number of rotatable bonds is 5. The van der Waals surface area contributed by atoms with Gasteiger partial charge in [0.2, 0.25) is 0 Å². The van der Waals surface area contributed by atoms with Crippen LogP contribution in [0.15, 0.2) is 48.7 Å². The number of nitrogens with zero attached hydrogens (tertiary/aromatic N) is 4. The van der Waals surface area contributed by atoms with Crippen molar-refractivity contribution in [3.8, 4) is 0 Å². The van der Waals surface area contributed by atoms with E-state index in [1.807, 2.05) is 22.7 Å². The van der Waals surface area contributed by atoms with Crippen LogP contribution in [0, 0.1) is 0 Å². The number of carbonyl (C=O) groups is 1. The molecule has 7 heteroatoms. The molecule has 1 aromatic carbocycles. The zero-order chi connectivity index (χ0) is 20.4. The lowest BCUT2D eigenvalue weighted by molar-refractivity contribution is 0.0821. The smallest absolute Gasteiger partial charge is 0.273 e. The summed E-state index contributed by atoms with van der Waals surface area (Å²) in [6.07, 6.45) is 3.94. The molecule has 1 amide bonds. The fourth-order valence-corrected chi connectivity index (χ4v) is 4.00. The first kappa shape index (κ1) is 19.7. The monoisotopic (exact) mass is 411 g/mol. The molecular weight excluding hydrogens is 386 g/mol. The van der Waals surface area contributed by atoms with Gasteiger partial charge < -0.3 is 19.5 Å². The maximum absolute atomic E-state index is 12.7. The summed E-state index contributed by atoms with van der Waals surface area (Å²) in [5, 5.41) is 4.26. The number of para-hydroxylation sites is 1. The van der Waals surface area contributed by atoms with Crippen molar-refractivity contribution in [3.05, 3.63) is 65.1 Å². The number of aromatic nitrogens is 2. The van der Waals surface area contributed by atoms with Crippen molar-refractivity contribution in [3.63, 3.8) is 0 Å². The van der Waals surface area contributed by atoms with E-state index in [1.165, 1.54) is 5.69 Å². The number of imidazole rings is 1. The zero-order valence-corrected chi connectivity index (χ0v) is 17.6. The van der Waals surface area contributed by atoms with Gasteiger partial charge in [0.15, 0.2) is 5.69 Å². The van der Waals surface area contributed by atoms with Crippen LogP contribution in [-0.4, -0.2) is 53.4 Å². The van der Waals surface area contributed by atoms with Crippen molar-refractivity contribution in [2.75, 3.05) is 32.1 Å². The predicted molar refractivity (Wildman–Crippen MR) is 117 cm³/mol. The number of carbonyl (C=O) groups excluding carboxylic acids is 1. The van der Waals surface area contributed by atoms with Gasteiger partial charge in [0.1, 0.15) is 5.65 Å². The summed E-state index contributed by atoms with van der Waals surface area (Å²) in [7, 11) is 3.49. The Kier molecular flexibility index (Phi) is 5.74. The van der Waals surface area contributed by atoms with E-state index in [4.69, 9.17) is 11.6 Å². The van der Waals surface area contributed by atoms with Crippen LogP contribution in [0.4, 0.5) is 5.69 Å². The molecule has 1 saturated heterocycles. The number of hydrogen-bond donors (Lipinski definition) is 1. The quantitative estimate of drug-likeness (QED) is 0.698. The fraction of sp³-hybridized carbons (Fsp3) is 0.364. The summed E-state index contributed by atoms with van der Waals surface area (Å²) in [6.45, 7) is 2.61. The first-order valence-corrected chi connectivity index (χ1v) is 10.3. The number of piperidine rings is 1. The number of hydrogen-bond acceptors (Lipinski definition) is 4. The molecule has 29 heavy (non-hydrogen) atoms. The van der Waals surface area contributed by atoms with Gasteiger partial charge in [0.05, 0.1) is 10.7 Å². The number of pyridine rings is 1. The Morgan fingerprint density at radius 1 is 1.17 bits per heavy atom. The maximum atomic E-state index is 12.7. The van der Waals surface area contributed by atoms with Crippen LogP contribution in [0.5, 0.6) is 0 Å². The molecule has 1 N–H and O–H groups in total. The molecule has 2 aromatic heterocycles. The Hall–Kier alpha value is -2.57. The maximum Gasteiger partial charge on any atom is 0.273 e. The standard InChI is InChI=1S/C22H26ClN5O/c1-26(2)22(29)21-19(28-15-16(23)8-9-20(28)25-21)14-24-17-10-12-27(13-11-17)18-6-4-3-5-7-18/h3-9,15,17,24H,10-14H2,1-2H3. The van der Waals surface area contributed by atoms with Gasteiger partial charge in [-0.25, -0.2) is 4.98 Å². The van der Waals surface area contributed by atoms with Crippen molar-refractivity contribution in [2.45, 2.75) is 25.4 Å². The second kappa shape index (κ2) is 8.43. The Balaban J connectivity index is 1.47. The predicted octanol–water partition coefficient (Wildman–Crippen LogP) is 3.45. The van der Waals surface area contributed by atoms with Crippen molar-refractivity contribution in [2.24, 2.45) is 0 Å². The number of anilines is 1. The van der Waals surface area contributed by atoms with Gasteiger partial charge in [-0.2, -0.15) is 0 Å². The molecule has 3 heterocycles. The van der Waals surface area contributed by atoms with E-state index in [2.05, 4.69) is 39.5 Å². The van der Waals surface area contributed by atoms with Crippen LogP contribution >= 0.6 is 11.6 Å². The van der Waals surface area contributed by atoms with Gasteiger partial charge in [-0.15, -0.1) is 0 Å². The fourth-order valence-electron chi connectivity index (χ4n) is 3.84. The molecule has 1 fully saturated rings. The summed E-state index contributed by atoms with van der Waals surface area (Å²) in [6, 6.07) is 14.6. The molecule has 4 rings (SSSR count). The van der Waals surface area contributed by atoms with Gasteiger partial charge in [-0.1, -0.05) is 29.8 Å². The van der Waals surface area contributed by atoms with Crippen LogP contribution in [0.3, 0.4) is 0 Å². The van der Waals surface area contributed by atoms with E-state index in [1.54, 1.807) is 25.1 Å². The average Bonchev–Trinajstić information content (AvgIpc) is 3.10. The van der Waals surface area contributed by atoms with Crippen LogP contribution in [0.25, 0.3) is 5.65 Å². The second-order valence-corrected chi connectivity index (χ2v) is 8.10. The van der Waals surface area contributed by atoms with Crippen molar-refractivity contribution in [1.29, 1.82) is 0 Å². The molecule has 0 spiro atoms. The second-order valence-electron chi connectivity index (χ2n) is 7.66. The highest BCUT2D eigenvalue weighted by atomic mass is 35.5. The minimum absolute atomic E-state index is 0.0967. The summed E-state index contributed by atoms with van der Waals surface area (Å²) < 4.78 is 1.92. The molecule has 1 aliphatic rings. The first-order chi connectivity index (χ1) is 14.0. The van der Waals surface area contributed by atoms with Crippen LogP contribution < -0.4 is 10.2 Å². The van der Waals surface area contributed by atoms with E-state index >= 15 is 0 Å². The van der Waals surface area contributed by atoms with Crippen molar-refractivity contribution >= 4 is 28.8 Å². The average molecular weight is 412 g/mol.